The average Bonchev–Trinajstić information content (AvgIpc) is 2.76. The minimum atomic E-state index is 0.00944. The van der Waals surface area contributed by atoms with Gasteiger partial charge >= 0.3 is 0 Å². The first kappa shape index (κ1) is 12.2. The van der Waals surface area contributed by atoms with Crippen LogP contribution in [0, 0.1) is 0 Å². The van der Waals surface area contributed by atoms with Gasteiger partial charge in [0.1, 0.15) is 11.5 Å². The van der Waals surface area contributed by atoms with Crippen molar-refractivity contribution in [1.29, 1.82) is 0 Å². The summed E-state index contributed by atoms with van der Waals surface area (Å²) in [5, 5.41) is 13.2. The standard InChI is InChI=1S/C13H19NO3/c1-13(5-6-17-9-13)14-8-10-7-11(16-2)3-4-12(10)15/h3-4,7,14-15H,5-6,8-9H2,1-2H3. The van der Waals surface area contributed by atoms with Crippen LogP contribution in [0.15, 0.2) is 18.2 Å². The van der Waals surface area contributed by atoms with Crippen LogP contribution in [0.2, 0.25) is 0 Å². The van der Waals surface area contributed by atoms with E-state index in [1.54, 1.807) is 19.2 Å². The maximum Gasteiger partial charge on any atom is 0.120 e. The van der Waals surface area contributed by atoms with E-state index in [1.165, 1.54) is 0 Å². The SMILES string of the molecule is COc1ccc(O)c(CNC2(C)CCOC2)c1. The molecule has 1 unspecified atom stereocenters. The lowest BCUT2D eigenvalue weighted by Crippen LogP contribution is -2.42. The van der Waals surface area contributed by atoms with Crippen molar-refractivity contribution in [2.45, 2.75) is 25.4 Å². The van der Waals surface area contributed by atoms with E-state index >= 15 is 0 Å². The highest BCUT2D eigenvalue weighted by Crippen LogP contribution is 2.24. The number of rotatable bonds is 4. The topological polar surface area (TPSA) is 50.7 Å². The molecule has 0 radical (unpaired) electrons. The van der Waals surface area contributed by atoms with E-state index in [2.05, 4.69) is 12.2 Å². The minimum absolute atomic E-state index is 0.00944. The molecule has 4 heteroatoms. The maximum atomic E-state index is 9.76. The first-order valence-corrected chi connectivity index (χ1v) is 5.82. The second kappa shape index (κ2) is 4.94. The van der Waals surface area contributed by atoms with Crippen molar-refractivity contribution in [2.75, 3.05) is 20.3 Å². The first-order valence-electron chi connectivity index (χ1n) is 5.82. The predicted molar refractivity (Wildman–Crippen MR) is 65.3 cm³/mol. The summed E-state index contributed by atoms with van der Waals surface area (Å²) in [5.41, 5.74) is 0.854. The van der Waals surface area contributed by atoms with Crippen LogP contribution in [-0.2, 0) is 11.3 Å². The number of benzene rings is 1. The van der Waals surface area contributed by atoms with Crippen LogP contribution in [0.25, 0.3) is 0 Å². The van der Waals surface area contributed by atoms with Crippen molar-refractivity contribution in [3.8, 4) is 11.5 Å². The summed E-state index contributed by atoms with van der Waals surface area (Å²) in [5.74, 6) is 1.05. The van der Waals surface area contributed by atoms with Gasteiger partial charge in [0, 0.05) is 24.3 Å². The second-order valence-corrected chi connectivity index (χ2v) is 4.71. The fourth-order valence-corrected chi connectivity index (χ4v) is 1.95. The Kier molecular flexibility index (Phi) is 3.54. The number of hydrogen-bond donors (Lipinski definition) is 2. The Hall–Kier alpha value is -1.26. The molecule has 0 spiro atoms. The number of phenols is 1. The first-order chi connectivity index (χ1) is 8.13. The van der Waals surface area contributed by atoms with Gasteiger partial charge in [-0.15, -0.1) is 0 Å². The van der Waals surface area contributed by atoms with Crippen molar-refractivity contribution in [1.82, 2.24) is 5.32 Å². The Morgan fingerprint density at radius 2 is 2.35 bits per heavy atom. The van der Waals surface area contributed by atoms with Gasteiger partial charge in [-0.2, -0.15) is 0 Å². The number of phenolic OH excluding ortho intramolecular Hbond substituents is 1. The quantitative estimate of drug-likeness (QED) is 0.836. The molecule has 17 heavy (non-hydrogen) atoms. The maximum absolute atomic E-state index is 9.76. The molecular weight excluding hydrogens is 218 g/mol. The zero-order valence-corrected chi connectivity index (χ0v) is 10.3. The normalized spacial score (nSPS) is 23.9. The van der Waals surface area contributed by atoms with E-state index in [4.69, 9.17) is 9.47 Å². The van der Waals surface area contributed by atoms with Crippen LogP contribution < -0.4 is 10.1 Å². The van der Waals surface area contributed by atoms with Crippen molar-refractivity contribution >= 4 is 0 Å². The third-order valence-electron chi connectivity index (χ3n) is 3.21. The number of nitrogens with one attached hydrogen (secondary N) is 1. The molecule has 2 N–H and O–H groups in total. The van der Waals surface area contributed by atoms with Crippen LogP contribution in [0.4, 0.5) is 0 Å². The third kappa shape index (κ3) is 2.90. The van der Waals surface area contributed by atoms with E-state index in [0.29, 0.717) is 12.3 Å². The lowest BCUT2D eigenvalue weighted by atomic mass is 10.0. The Morgan fingerprint density at radius 3 is 3.00 bits per heavy atom. The molecule has 0 amide bonds. The molecular formula is C13H19NO3. The lowest BCUT2D eigenvalue weighted by Gasteiger charge is -2.24. The zero-order chi connectivity index (χ0) is 12.3. The Morgan fingerprint density at radius 1 is 1.53 bits per heavy atom. The van der Waals surface area contributed by atoms with Crippen molar-refractivity contribution in [3.63, 3.8) is 0 Å². The van der Waals surface area contributed by atoms with Crippen molar-refractivity contribution < 1.29 is 14.6 Å². The number of hydrogen-bond acceptors (Lipinski definition) is 4. The summed E-state index contributed by atoms with van der Waals surface area (Å²) in [7, 11) is 1.62. The Labute approximate surface area is 102 Å². The van der Waals surface area contributed by atoms with Gasteiger partial charge in [0.2, 0.25) is 0 Å². The van der Waals surface area contributed by atoms with Crippen LogP contribution in [-0.4, -0.2) is 31.0 Å². The van der Waals surface area contributed by atoms with Crippen LogP contribution in [0.1, 0.15) is 18.9 Å². The predicted octanol–water partition coefficient (Wildman–Crippen LogP) is 1.67. The zero-order valence-electron chi connectivity index (χ0n) is 10.3. The molecule has 1 saturated heterocycles. The van der Waals surface area contributed by atoms with E-state index in [9.17, 15) is 5.11 Å². The van der Waals surface area contributed by atoms with Gasteiger partial charge in [-0.25, -0.2) is 0 Å². The second-order valence-electron chi connectivity index (χ2n) is 4.71. The monoisotopic (exact) mass is 237 g/mol. The van der Waals surface area contributed by atoms with Crippen molar-refractivity contribution in [2.24, 2.45) is 0 Å². The fraction of sp³-hybridized carbons (Fsp3) is 0.538. The molecule has 94 valence electrons. The molecule has 1 aromatic carbocycles. The molecule has 2 rings (SSSR count). The lowest BCUT2D eigenvalue weighted by molar-refractivity contribution is 0.171. The van der Waals surface area contributed by atoms with Gasteiger partial charge < -0.3 is 19.9 Å². The summed E-state index contributed by atoms with van der Waals surface area (Å²) >= 11 is 0. The number of aromatic hydroxyl groups is 1. The summed E-state index contributed by atoms with van der Waals surface area (Å²) in [6.07, 6.45) is 0.998. The summed E-state index contributed by atoms with van der Waals surface area (Å²) in [6, 6.07) is 5.25. The molecule has 0 aromatic heterocycles. The van der Waals surface area contributed by atoms with Gasteiger partial charge in [0.05, 0.1) is 13.7 Å². The molecule has 4 nitrogen and oxygen atoms in total. The smallest absolute Gasteiger partial charge is 0.120 e. The Balaban J connectivity index is 2.02. The summed E-state index contributed by atoms with van der Waals surface area (Å²) < 4.78 is 10.5. The van der Waals surface area contributed by atoms with Gasteiger partial charge in [-0.05, 0) is 31.5 Å². The molecule has 1 aromatic rings. The summed E-state index contributed by atoms with van der Waals surface area (Å²) in [6.45, 7) is 4.27. The van der Waals surface area contributed by atoms with Gasteiger partial charge in [-0.3, -0.25) is 0 Å². The van der Waals surface area contributed by atoms with E-state index in [-0.39, 0.29) is 5.54 Å². The van der Waals surface area contributed by atoms with Gasteiger partial charge in [0.15, 0.2) is 0 Å². The molecule has 0 saturated carbocycles. The van der Waals surface area contributed by atoms with E-state index < -0.39 is 0 Å². The van der Waals surface area contributed by atoms with Crippen molar-refractivity contribution in [3.05, 3.63) is 23.8 Å². The van der Waals surface area contributed by atoms with E-state index in [0.717, 1.165) is 30.9 Å². The molecule has 1 heterocycles. The largest absolute Gasteiger partial charge is 0.508 e. The molecule has 1 aliphatic rings. The van der Waals surface area contributed by atoms with Crippen LogP contribution in [0.5, 0.6) is 11.5 Å². The average molecular weight is 237 g/mol. The minimum Gasteiger partial charge on any atom is -0.508 e. The van der Waals surface area contributed by atoms with Gasteiger partial charge in [0.25, 0.3) is 0 Å². The fourth-order valence-electron chi connectivity index (χ4n) is 1.95. The Bertz CT molecular complexity index is 386. The molecule has 1 atom stereocenters. The van der Waals surface area contributed by atoms with Crippen LogP contribution >= 0.6 is 0 Å². The highest BCUT2D eigenvalue weighted by molar-refractivity contribution is 5.39. The molecule has 1 aliphatic heterocycles. The number of ether oxygens (including phenoxy) is 2. The molecule has 0 aliphatic carbocycles. The summed E-state index contributed by atoms with van der Waals surface area (Å²) in [4.78, 5) is 0. The van der Waals surface area contributed by atoms with E-state index in [1.807, 2.05) is 6.07 Å². The highest BCUT2D eigenvalue weighted by atomic mass is 16.5. The van der Waals surface area contributed by atoms with Crippen LogP contribution in [0.3, 0.4) is 0 Å². The third-order valence-corrected chi connectivity index (χ3v) is 3.21. The molecule has 0 bridgehead atoms. The van der Waals surface area contributed by atoms with Gasteiger partial charge in [-0.1, -0.05) is 0 Å². The highest BCUT2D eigenvalue weighted by Gasteiger charge is 2.28. The molecule has 1 fully saturated rings. The number of methoxy groups -OCH3 is 1.